The largest absolute Gasteiger partial charge is 0.399 e. The topological polar surface area (TPSA) is 55.1 Å². The van der Waals surface area contributed by atoms with Crippen LogP contribution in [0.4, 0.5) is 11.4 Å². The van der Waals surface area contributed by atoms with Crippen molar-refractivity contribution in [2.45, 2.75) is 26.2 Å². The van der Waals surface area contributed by atoms with E-state index in [1.165, 1.54) is 24.5 Å². The highest BCUT2D eigenvalue weighted by Crippen LogP contribution is 2.12. The predicted octanol–water partition coefficient (Wildman–Crippen LogP) is 4.26. The number of amides is 1. The Bertz CT molecular complexity index is 627. The molecule has 0 aliphatic carbocycles. The van der Waals surface area contributed by atoms with Crippen molar-refractivity contribution in [1.82, 2.24) is 0 Å². The van der Waals surface area contributed by atoms with Gasteiger partial charge in [0.2, 0.25) is 5.91 Å². The minimum Gasteiger partial charge on any atom is -0.399 e. The van der Waals surface area contributed by atoms with Gasteiger partial charge in [0, 0.05) is 17.5 Å². The highest BCUT2D eigenvalue weighted by atomic mass is 16.1. The Labute approximate surface area is 131 Å². The third-order valence-corrected chi connectivity index (χ3v) is 3.40. The van der Waals surface area contributed by atoms with Gasteiger partial charge in [-0.3, -0.25) is 4.79 Å². The fourth-order valence-electron chi connectivity index (χ4n) is 2.10. The van der Waals surface area contributed by atoms with Crippen molar-refractivity contribution in [2.75, 3.05) is 11.1 Å². The van der Waals surface area contributed by atoms with Crippen molar-refractivity contribution >= 4 is 23.4 Å². The molecule has 0 atom stereocenters. The first-order chi connectivity index (χ1) is 10.7. The number of unbranched alkanes of at least 4 members (excludes halogenated alkanes) is 1. The Kier molecular flexibility index (Phi) is 5.78. The summed E-state index contributed by atoms with van der Waals surface area (Å²) in [4.78, 5) is 11.9. The summed E-state index contributed by atoms with van der Waals surface area (Å²) in [5, 5.41) is 2.86. The fraction of sp³-hybridized carbons (Fsp3) is 0.211. The molecule has 0 saturated carbocycles. The van der Waals surface area contributed by atoms with Gasteiger partial charge >= 0.3 is 0 Å². The lowest BCUT2D eigenvalue weighted by Crippen LogP contribution is -2.07. The van der Waals surface area contributed by atoms with Crippen LogP contribution >= 0.6 is 0 Å². The van der Waals surface area contributed by atoms with E-state index < -0.39 is 0 Å². The molecule has 2 aromatic rings. The maximum Gasteiger partial charge on any atom is 0.248 e. The van der Waals surface area contributed by atoms with E-state index in [0.29, 0.717) is 5.69 Å². The molecular formula is C19H22N2O. The van der Waals surface area contributed by atoms with Crippen LogP contribution in [0.2, 0.25) is 0 Å². The first-order valence-electron chi connectivity index (χ1n) is 7.61. The number of benzene rings is 2. The summed E-state index contributed by atoms with van der Waals surface area (Å²) >= 11 is 0. The number of rotatable bonds is 6. The number of carbonyl (C=O) groups is 1. The van der Waals surface area contributed by atoms with E-state index in [1.54, 1.807) is 6.08 Å². The quantitative estimate of drug-likeness (QED) is 0.617. The van der Waals surface area contributed by atoms with Crippen LogP contribution in [0.15, 0.2) is 54.6 Å². The third kappa shape index (κ3) is 5.09. The molecule has 0 bridgehead atoms. The summed E-state index contributed by atoms with van der Waals surface area (Å²) in [5.74, 6) is -0.141. The molecule has 0 radical (unpaired) electrons. The van der Waals surface area contributed by atoms with Crippen LogP contribution in [0.3, 0.4) is 0 Å². The van der Waals surface area contributed by atoms with Crippen LogP contribution in [-0.2, 0) is 11.2 Å². The van der Waals surface area contributed by atoms with Crippen LogP contribution in [0.5, 0.6) is 0 Å². The molecule has 0 unspecified atom stereocenters. The minimum atomic E-state index is -0.141. The first kappa shape index (κ1) is 15.8. The third-order valence-electron chi connectivity index (χ3n) is 3.40. The van der Waals surface area contributed by atoms with E-state index >= 15 is 0 Å². The standard InChI is InChI=1S/C19H22N2O/c1-2-3-4-15-7-12-18(13-8-15)21-19(22)14-9-16-5-10-17(20)11-6-16/h5-14H,2-4,20H2,1H3,(H,21,22)/b14-9+. The summed E-state index contributed by atoms with van der Waals surface area (Å²) < 4.78 is 0. The smallest absolute Gasteiger partial charge is 0.248 e. The number of nitrogens with two attached hydrogens (primary N) is 1. The molecule has 1 amide bonds. The van der Waals surface area contributed by atoms with E-state index in [2.05, 4.69) is 24.4 Å². The number of nitrogens with one attached hydrogen (secondary N) is 1. The van der Waals surface area contributed by atoms with Crippen LogP contribution in [0, 0.1) is 0 Å². The van der Waals surface area contributed by atoms with Gasteiger partial charge in [-0.15, -0.1) is 0 Å². The van der Waals surface area contributed by atoms with E-state index in [-0.39, 0.29) is 5.91 Å². The second-order valence-electron chi connectivity index (χ2n) is 5.29. The van der Waals surface area contributed by atoms with E-state index in [9.17, 15) is 4.79 Å². The number of nitrogen functional groups attached to an aromatic ring is 1. The molecule has 2 rings (SSSR count). The van der Waals surface area contributed by atoms with E-state index in [4.69, 9.17) is 5.73 Å². The maximum absolute atomic E-state index is 11.9. The summed E-state index contributed by atoms with van der Waals surface area (Å²) in [6.45, 7) is 2.18. The van der Waals surface area contributed by atoms with Crippen molar-refractivity contribution in [1.29, 1.82) is 0 Å². The first-order valence-corrected chi connectivity index (χ1v) is 7.61. The normalized spacial score (nSPS) is 10.8. The molecule has 0 fully saturated rings. The molecular weight excluding hydrogens is 272 g/mol. The summed E-state index contributed by atoms with van der Waals surface area (Å²) in [6.07, 6.45) is 6.76. The predicted molar refractivity (Wildman–Crippen MR) is 93.6 cm³/mol. The van der Waals surface area contributed by atoms with Gasteiger partial charge in [-0.05, 0) is 54.3 Å². The minimum absolute atomic E-state index is 0.141. The molecule has 0 aliphatic heterocycles. The molecule has 0 saturated heterocycles. The molecule has 0 aliphatic rings. The molecule has 0 spiro atoms. The van der Waals surface area contributed by atoms with Crippen LogP contribution in [0.25, 0.3) is 6.08 Å². The molecule has 2 aromatic carbocycles. The van der Waals surface area contributed by atoms with E-state index in [0.717, 1.165) is 17.7 Å². The van der Waals surface area contributed by atoms with Gasteiger partial charge < -0.3 is 11.1 Å². The average molecular weight is 294 g/mol. The van der Waals surface area contributed by atoms with Crippen LogP contribution in [0.1, 0.15) is 30.9 Å². The molecule has 114 valence electrons. The molecule has 0 aromatic heterocycles. The summed E-state index contributed by atoms with van der Waals surface area (Å²) in [6, 6.07) is 15.4. The zero-order valence-corrected chi connectivity index (χ0v) is 12.9. The van der Waals surface area contributed by atoms with Crippen molar-refractivity contribution in [3.8, 4) is 0 Å². The Hall–Kier alpha value is -2.55. The number of aryl methyl sites for hydroxylation is 1. The highest BCUT2D eigenvalue weighted by Gasteiger charge is 1.99. The molecule has 0 heterocycles. The fourth-order valence-corrected chi connectivity index (χ4v) is 2.10. The number of hydrogen-bond donors (Lipinski definition) is 2. The van der Waals surface area contributed by atoms with E-state index in [1.807, 2.05) is 36.4 Å². The maximum atomic E-state index is 11.9. The summed E-state index contributed by atoms with van der Waals surface area (Å²) in [7, 11) is 0. The Morgan fingerprint density at radius 1 is 1.09 bits per heavy atom. The van der Waals surface area contributed by atoms with Crippen LogP contribution < -0.4 is 11.1 Å². The second kappa shape index (κ2) is 8.03. The molecule has 3 N–H and O–H groups in total. The van der Waals surface area contributed by atoms with Crippen molar-refractivity contribution in [2.24, 2.45) is 0 Å². The van der Waals surface area contributed by atoms with Crippen molar-refractivity contribution in [3.63, 3.8) is 0 Å². The van der Waals surface area contributed by atoms with Crippen LogP contribution in [-0.4, -0.2) is 5.91 Å². The highest BCUT2D eigenvalue weighted by molar-refractivity contribution is 6.01. The van der Waals surface area contributed by atoms with Gasteiger partial charge in [-0.1, -0.05) is 37.6 Å². The van der Waals surface area contributed by atoms with Gasteiger partial charge in [-0.25, -0.2) is 0 Å². The van der Waals surface area contributed by atoms with Gasteiger partial charge in [0.1, 0.15) is 0 Å². The molecule has 3 heteroatoms. The zero-order valence-electron chi connectivity index (χ0n) is 12.9. The molecule has 3 nitrogen and oxygen atoms in total. The van der Waals surface area contributed by atoms with Gasteiger partial charge in [0.15, 0.2) is 0 Å². The number of anilines is 2. The Morgan fingerprint density at radius 2 is 1.77 bits per heavy atom. The SMILES string of the molecule is CCCCc1ccc(NC(=O)/C=C/c2ccc(N)cc2)cc1. The number of hydrogen-bond acceptors (Lipinski definition) is 2. The van der Waals surface area contributed by atoms with Crippen molar-refractivity contribution in [3.05, 3.63) is 65.7 Å². The zero-order chi connectivity index (χ0) is 15.8. The lowest BCUT2D eigenvalue weighted by Gasteiger charge is -2.04. The van der Waals surface area contributed by atoms with Gasteiger partial charge in [0.25, 0.3) is 0 Å². The second-order valence-corrected chi connectivity index (χ2v) is 5.29. The van der Waals surface area contributed by atoms with Gasteiger partial charge in [-0.2, -0.15) is 0 Å². The monoisotopic (exact) mass is 294 g/mol. The Balaban J connectivity index is 1.89. The number of carbonyl (C=O) groups excluding carboxylic acids is 1. The average Bonchev–Trinajstić information content (AvgIpc) is 2.54. The van der Waals surface area contributed by atoms with Crippen molar-refractivity contribution < 1.29 is 4.79 Å². The lowest BCUT2D eigenvalue weighted by molar-refractivity contribution is -0.111. The summed E-state index contributed by atoms with van der Waals surface area (Å²) in [5.41, 5.74) is 9.40. The Morgan fingerprint density at radius 3 is 2.41 bits per heavy atom. The van der Waals surface area contributed by atoms with Gasteiger partial charge in [0.05, 0.1) is 0 Å². The lowest BCUT2D eigenvalue weighted by atomic mass is 10.1. The molecule has 22 heavy (non-hydrogen) atoms.